The van der Waals surface area contributed by atoms with E-state index < -0.39 is 83.5 Å². The van der Waals surface area contributed by atoms with E-state index in [0.717, 1.165) is 0 Å². The Kier molecular flexibility index (Phi) is 12.3. The van der Waals surface area contributed by atoms with Crippen LogP contribution in [0, 0.1) is 22.9 Å². The number of aliphatic imine (C=N–C) groups is 2. The summed E-state index contributed by atoms with van der Waals surface area (Å²) < 4.78 is 0. The summed E-state index contributed by atoms with van der Waals surface area (Å²) in [6.45, 7) is 0. The van der Waals surface area contributed by atoms with Crippen molar-refractivity contribution in [2.45, 2.75) is 24.2 Å². The molecule has 4 fully saturated rings. The zero-order valence-electron chi connectivity index (χ0n) is 21.7. The van der Waals surface area contributed by atoms with Gasteiger partial charge in [-0.1, -0.05) is 0 Å². The van der Waals surface area contributed by atoms with Gasteiger partial charge in [0.1, 0.15) is 0 Å². The minimum Gasteiger partial charge on any atom is -0.293 e. The average molecular weight is 750 g/mol. The van der Waals surface area contributed by atoms with Crippen molar-refractivity contribution in [1.29, 1.82) is 10.5 Å². The molecule has 27 heteroatoms. The third kappa shape index (κ3) is 9.09. The van der Waals surface area contributed by atoms with Crippen LogP contribution in [0.5, 0.6) is 0 Å². The molecule has 224 valence electrons. The van der Waals surface area contributed by atoms with Gasteiger partial charge >= 0.3 is 60.9 Å². The van der Waals surface area contributed by atoms with Crippen LogP contribution in [0.3, 0.4) is 0 Å². The van der Waals surface area contributed by atoms with Crippen molar-refractivity contribution in [3.05, 3.63) is 0 Å². The van der Waals surface area contributed by atoms with Gasteiger partial charge in [0.15, 0.2) is 0 Å². The molecule has 0 aromatic heterocycles. The molecular weight excluding hydrogens is 738 g/mol. The molecule has 0 spiro atoms. The van der Waals surface area contributed by atoms with Crippen molar-refractivity contribution in [2.24, 2.45) is 30.4 Å². The van der Waals surface area contributed by atoms with Crippen molar-refractivity contribution in [1.82, 2.24) is 42.5 Å². The van der Waals surface area contributed by atoms with E-state index in [1.165, 1.54) is 12.4 Å². The molecule has 0 radical (unpaired) electrons. The van der Waals surface area contributed by atoms with E-state index >= 15 is 0 Å². The zero-order valence-corrected chi connectivity index (χ0v) is 26.1. The molecule has 0 bridgehead atoms. The van der Waals surface area contributed by atoms with Crippen LogP contribution in [0.2, 0.25) is 0 Å². The Labute approximate surface area is 286 Å². The SMILES string of the molecule is N#CN=C1NC(=O)C(N=NC2C(=O)NC(=O)NC2=O)C(=O)N1.N#CN=C1NC(=O)C(N=NC2C(=O)NC(=O)NC2=O)C(=O)N1.[Ba+2]. The van der Waals surface area contributed by atoms with E-state index in [9.17, 15) is 47.9 Å². The van der Waals surface area contributed by atoms with Gasteiger partial charge in [-0.3, -0.25) is 80.9 Å². The number of guanidine groups is 2. The summed E-state index contributed by atoms with van der Waals surface area (Å²) in [5, 5.41) is 45.2. The average Bonchev–Trinajstić information content (AvgIpc) is 2.91. The predicted molar refractivity (Wildman–Crippen MR) is 133 cm³/mol. The van der Waals surface area contributed by atoms with Gasteiger partial charge in [-0.05, 0) is 0 Å². The van der Waals surface area contributed by atoms with Crippen LogP contribution in [0.1, 0.15) is 0 Å². The fraction of sp³-hybridized carbons (Fsp3) is 0.222. The number of imide groups is 4. The number of hydrogen-bond donors (Lipinski definition) is 8. The molecule has 0 aromatic carbocycles. The van der Waals surface area contributed by atoms with E-state index in [4.69, 9.17) is 10.5 Å². The summed E-state index contributed by atoms with van der Waals surface area (Å²) in [7, 11) is 0. The Morgan fingerprint density at radius 3 is 0.800 bits per heavy atom. The molecule has 8 N–H and O–H groups in total. The van der Waals surface area contributed by atoms with Crippen LogP contribution in [0.15, 0.2) is 30.4 Å². The number of azo groups is 2. The normalized spacial score (nSPS) is 22.1. The molecule has 4 rings (SSSR count). The monoisotopic (exact) mass is 750 g/mol. The summed E-state index contributed by atoms with van der Waals surface area (Å²) in [4.78, 5) is 120. The van der Waals surface area contributed by atoms with E-state index in [1.807, 2.05) is 0 Å². The van der Waals surface area contributed by atoms with Crippen LogP contribution in [0.4, 0.5) is 9.59 Å². The minimum absolute atomic E-state index is 0. The number of nitrogens with zero attached hydrogens (tertiary/aromatic N) is 8. The zero-order chi connectivity index (χ0) is 32.6. The van der Waals surface area contributed by atoms with Gasteiger partial charge in [0.05, 0.1) is 0 Å². The minimum atomic E-state index is -1.70. The first-order chi connectivity index (χ1) is 20.8. The van der Waals surface area contributed by atoms with Crippen LogP contribution < -0.4 is 42.5 Å². The van der Waals surface area contributed by atoms with Crippen LogP contribution in [-0.2, 0) is 38.4 Å². The fourth-order valence-electron chi connectivity index (χ4n) is 2.96. The van der Waals surface area contributed by atoms with Crippen LogP contribution in [0.25, 0.3) is 0 Å². The van der Waals surface area contributed by atoms with E-state index in [-0.39, 0.29) is 60.8 Å². The molecule has 0 aromatic rings. The van der Waals surface area contributed by atoms with Crippen molar-refractivity contribution in [2.75, 3.05) is 0 Å². The molecule has 12 amide bonds. The maximum atomic E-state index is 11.6. The molecular formula is C18H12BaN16O10+2. The van der Waals surface area contributed by atoms with Crippen molar-refractivity contribution < 1.29 is 47.9 Å². The Morgan fingerprint density at radius 1 is 0.400 bits per heavy atom. The van der Waals surface area contributed by atoms with Gasteiger partial charge in [0.25, 0.3) is 47.3 Å². The number of carbonyl (C=O) groups excluding carboxylic acids is 10. The standard InChI is InChI=1S/2C9H6N8O5.Ba/c2*10-1-11-8-12-4(18)2(5(19)13-8)16-17-3-6(20)14-9(22)15-7(3)21;/h2*2-3H,(H2,11,12,13,18,19)(H2,14,15,20,21,22);/q;;+2. The molecule has 0 atom stereocenters. The second-order valence-electron chi connectivity index (χ2n) is 7.77. The molecule has 4 saturated heterocycles. The van der Waals surface area contributed by atoms with Gasteiger partial charge in [-0.2, -0.15) is 31.0 Å². The quantitative estimate of drug-likeness (QED) is 0.0575. The molecule has 4 aliphatic heterocycles. The van der Waals surface area contributed by atoms with E-state index in [1.54, 1.807) is 21.3 Å². The third-order valence-electron chi connectivity index (χ3n) is 4.82. The third-order valence-corrected chi connectivity index (χ3v) is 4.82. The first-order valence-electron chi connectivity index (χ1n) is 11.1. The Bertz CT molecular complexity index is 1420. The van der Waals surface area contributed by atoms with Gasteiger partial charge in [0.2, 0.25) is 48.5 Å². The first-order valence-corrected chi connectivity index (χ1v) is 11.1. The predicted octanol–water partition coefficient (Wildman–Crippen LogP) is -7.13. The summed E-state index contributed by atoms with van der Waals surface area (Å²) in [6, 6.07) is -8.76. The number of hydrogen-bond acceptors (Lipinski definition) is 18. The van der Waals surface area contributed by atoms with E-state index in [2.05, 4.69) is 51.7 Å². The van der Waals surface area contributed by atoms with Crippen LogP contribution >= 0.6 is 0 Å². The number of nitrogens with one attached hydrogen (secondary N) is 8. The van der Waals surface area contributed by atoms with Crippen molar-refractivity contribution >= 4 is 120 Å². The molecule has 26 nitrogen and oxygen atoms in total. The molecule has 0 unspecified atom stereocenters. The summed E-state index contributed by atoms with van der Waals surface area (Å²) >= 11 is 0. The molecule has 4 aliphatic rings. The van der Waals surface area contributed by atoms with Gasteiger partial charge in [0, 0.05) is 0 Å². The second kappa shape index (κ2) is 15.6. The van der Waals surface area contributed by atoms with Crippen molar-refractivity contribution in [3.63, 3.8) is 0 Å². The van der Waals surface area contributed by atoms with Gasteiger partial charge in [-0.25, -0.2) is 9.59 Å². The number of nitriles is 2. The Balaban J connectivity index is 0.000000307. The number of carbonyl (C=O) groups is 10. The van der Waals surface area contributed by atoms with Gasteiger partial charge < -0.3 is 0 Å². The maximum absolute atomic E-state index is 11.6. The summed E-state index contributed by atoms with van der Waals surface area (Å²) in [5.74, 6) is -8.71. The Hall–Kier alpha value is -5.81. The molecule has 45 heavy (non-hydrogen) atoms. The first kappa shape index (κ1) is 35.4. The maximum Gasteiger partial charge on any atom is 2.00 e. The number of amides is 12. The molecule has 0 aliphatic carbocycles. The molecule has 4 heterocycles. The Morgan fingerprint density at radius 2 is 0.600 bits per heavy atom. The number of rotatable bonds is 4. The molecule has 0 saturated carbocycles. The van der Waals surface area contributed by atoms with Crippen LogP contribution in [-0.4, -0.2) is 144 Å². The fourth-order valence-corrected chi connectivity index (χ4v) is 2.96. The largest absolute Gasteiger partial charge is 2.00 e. The number of urea groups is 2. The summed E-state index contributed by atoms with van der Waals surface area (Å²) in [6.07, 6.45) is 2.72. The topological polar surface area (TPSA) is 389 Å². The van der Waals surface area contributed by atoms with Crippen molar-refractivity contribution in [3.8, 4) is 12.4 Å². The smallest absolute Gasteiger partial charge is 0.293 e. The number of barbiturate groups is 2. The second-order valence-corrected chi connectivity index (χ2v) is 7.77. The summed E-state index contributed by atoms with van der Waals surface area (Å²) in [5.41, 5.74) is 0. The van der Waals surface area contributed by atoms with Gasteiger partial charge in [-0.15, -0.1) is 9.98 Å². The van der Waals surface area contributed by atoms with E-state index in [0.29, 0.717) is 0 Å².